The summed E-state index contributed by atoms with van der Waals surface area (Å²) in [6, 6.07) is 8.20. The summed E-state index contributed by atoms with van der Waals surface area (Å²) >= 11 is 6.98. The van der Waals surface area contributed by atoms with Crippen LogP contribution in [0.25, 0.3) is 0 Å². The van der Waals surface area contributed by atoms with Gasteiger partial charge in [0.15, 0.2) is 0 Å². The summed E-state index contributed by atoms with van der Waals surface area (Å²) in [5, 5.41) is 3.38. The van der Waals surface area contributed by atoms with Crippen LogP contribution in [0.15, 0.2) is 45.6 Å². The summed E-state index contributed by atoms with van der Waals surface area (Å²) < 4.78 is 2.12. The van der Waals surface area contributed by atoms with E-state index in [1.807, 2.05) is 37.5 Å². The fraction of sp³-hybridized carbons (Fsp3) is 0.154. The molecule has 1 aromatic carbocycles. The average Bonchev–Trinajstić information content (AvgIpc) is 2.30. The van der Waals surface area contributed by atoms with Crippen molar-refractivity contribution in [3.05, 3.63) is 56.7 Å². The van der Waals surface area contributed by atoms with Gasteiger partial charge >= 0.3 is 0 Å². The molecule has 0 aliphatic heterocycles. The Morgan fingerprint density at radius 3 is 2.76 bits per heavy atom. The first-order valence-corrected chi connectivity index (χ1v) is 6.83. The van der Waals surface area contributed by atoms with Gasteiger partial charge in [0.25, 0.3) is 0 Å². The summed E-state index contributed by atoms with van der Waals surface area (Å²) in [7, 11) is 0. The molecule has 0 bridgehead atoms. The third-order valence-corrected chi connectivity index (χ3v) is 3.53. The second-order valence-electron chi connectivity index (χ2n) is 3.85. The lowest BCUT2D eigenvalue weighted by Crippen LogP contribution is -2.00. The molecular weight excluding hydrogens is 344 g/mol. The zero-order chi connectivity index (χ0) is 12.3. The highest BCUT2D eigenvalue weighted by molar-refractivity contribution is 9.11. The van der Waals surface area contributed by atoms with Crippen LogP contribution < -0.4 is 5.32 Å². The van der Waals surface area contributed by atoms with Crippen LogP contribution >= 0.6 is 31.9 Å². The average molecular weight is 356 g/mol. The minimum atomic E-state index is 0.768. The van der Waals surface area contributed by atoms with E-state index in [0.717, 1.165) is 21.2 Å². The zero-order valence-electron chi connectivity index (χ0n) is 9.37. The maximum atomic E-state index is 4.18. The van der Waals surface area contributed by atoms with Crippen LogP contribution in [0.2, 0.25) is 0 Å². The summed E-state index contributed by atoms with van der Waals surface area (Å²) in [5.41, 5.74) is 3.43. The molecule has 0 amide bonds. The highest BCUT2D eigenvalue weighted by Crippen LogP contribution is 2.26. The number of aryl methyl sites for hydroxylation is 1. The molecule has 0 fully saturated rings. The Kier molecular flexibility index (Phi) is 4.18. The highest BCUT2D eigenvalue weighted by atomic mass is 79.9. The van der Waals surface area contributed by atoms with Gasteiger partial charge in [-0.2, -0.15) is 0 Å². The van der Waals surface area contributed by atoms with E-state index in [4.69, 9.17) is 0 Å². The molecule has 2 aromatic rings. The Balaban J connectivity index is 2.09. The van der Waals surface area contributed by atoms with Crippen LogP contribution in [0.5, 0.6) is 0 Å². The van der Waals surface area contributed by atoms with E-state index in [2.05, 4.69) is 48.2 Å². The standard InChI is InChI=1S/C13H12Br2N2/c1-9-4-10(7-16-6-9)8-17-13-5-11(14)2-3-12(13)15/h2-7,17H,8H2,1H3. The maximum absolute atomic E-state index is 4.18. The topological polar surface area (TPSA) is 24.9 Å². The largest absolute Gasteiger partial charge is 0.380 e. The predicted octanol–water partition coefficient (Wildman–Crippen LogP) is 4.53. The number of hydrogen-bond acceptors (Lipinski definition) is 2. The Hall–Kier alpha value is -0.870. The van der Waals surface area contributed by atoms with Crippen molar-refractivity contribution in [2.45, 2.75) is 13.5 Å². The van der Waals surface area contributed by atoms with E-state index < -0.39 is 0 Å². The first-order valence-electron chi connectivity index (χ1n) is 5.24. The number of halogens is 2. The van der Waals surface area contributed by atoms with Crippen LogP contribution in [0, 0.1) is 6.92 Å². The van der Waals surface area contributed by atoms with Gasteiger partial charge in [0, 0.05) is 33.6 Å². The van der Waals surface area contributed by atoms with Crippen molar-refractivity contribution in [2.75, 3.05) is 5.32 Å². The molecule has 1 N–H and O–H groups in total. The minimum Gasteiger partial charge on any atom is -0.380 e. The molecule has 0 aliphatic carbocycles. The van der Waals surface area contributed by atoms with E-state index in [1.54, 1.807) is 0 Å². The molecule has 0 unspecified atom stereocenters. The molecule has 2 rings (SSSR count). The molecule has 17 heavy (non-hydrogen) atoms. The molecule has 4 heteroatoms. The molecule has 0 spiro atoms. The molecule has 0 atom stereocenters. The van der Waals surface area contributed by atoms with Crippen LogP contribution in [0.4, 0.5) is 5.69 Å². The quantitative estimate of drug-likeness (QED) is 0.875. The number of anilines is 1. The number of rotatable bonds is 3. The van der Waals surface area contributed by atoms with Gasteiger partial charge in [-0.05, 0) is 52.2 Å². The van der Waals surface area contributed by atoms with E-state index in [0.29, 0.717) is 0 Å². The Bertz CT molecular complexity index is 527. The highest BCUT2D eigenvalue weighted by Gasteiger charge is 2.00. The lowest BCUT2D eigenvalue weighted by molar-refractivity contribution is 1.09. The third kappa shape index (κ3) is 3.54. The SMILES string of the molecule is Cc1cncc(CNc2cc(Br)ccc2Br)c1. The van der Waals surface area contributed by atoms with Crippen molar-refractivity contribution < 1.29 is 0 Å². The van der Waals surface area contributed by atoms with Gasteiger partial charge in [0.2, 0.25) is 0 Å². The first kappa shape index (κ1) is 12.6. The zero-order valence-corrected chi connectivity index (χ0v) is 12.5. The van der Waals surface area contributed by atoms with Crippen molar-refractivity contribution in [3.8, 4) is 0 Å². The second kappa shape index (κ2) is 5.65. The number of hydrogen-bond donors (Lipinski definition) is 1. The second-order valence-corrected chi connectivity index (χ2v) is 5.62. The van der Waals surface area contributed by atoms with Crippen molar-refractivity contribution >= 4 is 37.5 Å². The van der Waals surface area contributed by atoms with Crippen molar-refractivity contribution in [1.29, 1.82) is 0 Å². The Morgan fingerprint density at radius 2 is 2.00 bits per heavy atom. The van der Waals surface area contributed by atoms with Gasteiger partial charge in [0.1, 0.15) is 0 Å². The third-order valence-electron chi connectivity index (χ3n) is 2.34. The van der Waals surface area contributed by atoms with Gasteiger partial charge < -0.3 is 5.32 Å². The van der Waals surface area contributed by atoms with E-state index in [1.165, 1.54) is 11.1 Å². The fourth-order valence-electron chi connectivity index (χ4n) is 1.54. The minimum absolute atomic E-state index is 0.768. The first-order chi connectivity index (χ1) is 8.15. The lowest BCUT2D eigenvalue weighted by atomic mass is 10.2. The molecule has 0 saturated heterocycles. The summed E-state index contributed by atoms with van der Waals surface area (Å²) in [5.74, 6) is 0. The summed E-state index contributed by atoms with van der Waals surface area (Å²) in [6.07, 6.45) is 3.74. The molecule has 0 radical (unpaired) electrons. The van der Waals surface area contributed by atoms with Gasteiger partial charge in [-0.1, -0.05) is 22.0 Å². The Labute approximate surface area is 118 Å². The lowest BCUT2D eigenvalue weighted by Gasteiger charge is -2.09. The van der Waals surface area contributed by atoms with E-state index in [9.17, 15) is 0 Å². The van der Waals surface area contributed by atoms with Gasteiger partial charge in [-0.15, -0.1) is 0 Å². The predicted molar refractivity (Wildman–Crippen MR) is 78.1 cm³/mol. The normalized spacial score (nSPS) is 10.3. The molecular formula is C13H12Br2N2. The fourth-order valence-corrected chi connectivity index (χ4v) is 2.29. The van der Waals surface area contributed by atoms with E-state index in [-0.39, 0.29) is 0 Å². The van der Waals surface area contributed by atoms with Crippen molar-refractivity contribution in [3.63, 3.8) is 0 Å². The van der Waals surface area contributed by atoms with Crippen LogP contribution in [-0.4, -0.2) is 4.98 Å². The Morgan fingerprint density at radius 1 is 1.18 bits per heavy atom. The monoisotopic (exact) mass is 354 g/mol. The van der Waals surface area contributed by atoms with Crippen LogP contribution in [-0.2, 0) is 6.54 Å². The van der Waals surface area contributed by atoms with Crippen molar-refractivity contribution in [1.82, 2.24) is 4.98 Å². The van der Waals surface area contributed by atoms with Crippen LogP contribution in [0.3, 0.4) is 0 Å². The van der Waals surface area contributed by atoms with Gasteiger partial charge in [0.05, 0.1) is 0 Å². The van der Waals surface area contributed by atoms with Crippen LogP contribution in [0.1, 0.15) is 11.1 Å². The number of benzene rings is 1. The summed E-state index contributed by atoms with van der Waals surface area (Å²) in [6.45, 7) is 2.81. The molecule has 0 saturated carbocycles. The number of pyridine rings is 1. The van der Waals surface area contributed by atoms with Gasteiger partial charge in [-0.25, -0.2) is 0 Å². The molecule has 1 aromatic heterocycles. The van der Waals surface area contributed by atoms with E-state index >= 15 is 0 Å². The van der Waals surface area contributed by atoms with Crippen molar-refractivity contribution in [2.24, 2.45) is 0 Å². The maximum Gasteiger partial charge on any atom is 0.0498 e. The number of aromatic nitrogens is 1. The van der Waals surface area contributed by atoms with Gasteiger partial charge in [-0.3, -0.25) is 4.98 Å². The number of nitrogens with one attached hydrogen (secondary N) is 1. The number of nitrogens with zero attached hydrogens (tertiary/aromatic N) is 1. The molecule has 1 heterocycles. The summed E-state index contributed by atoms with van der Waals surface area (Å²) in [4.78, 5) is 4.18. The molecule has 2 nitrogen and oxygen atoms in total. The molecule has 88 valence electrons. The smallest absolute Gasteiger partial charge is 0.0498 e. The molecule has 0 aliphatic rings.